The second kappa shape index (κ2) is 6.61. The lowest BCUT2D eigenvalue weighted by Crippen LogP contribution is -2.69. The van der Waals surface area contributed by atoms with Crippen LogP contribution in [-0.2, 0) is 28.6 Å². The molecular formula is C25H32O7. The Morgan fingerprint density at radius 3 is 2.62 bits per heavy atom. The minimum absolute atomic E-state index is 0.192. The fourth-order valence-corrected chi connectivity index (χ4v) is 7.30. The average Bonchev–Trinajstić information content (AvgIpc) is 3.49. The summed E-state index contributed by atoms with van der Waals surface area (Å²) in [4.78, 5) is 39.8. The average molecular weight is 445 g/mol. The highest BCUT2D eigenvalue weighted by Crippen LogP contribution is 2.78. The van der Waals surface area contributed by atoms with Crippen LogP contribution in [0.2, 0.25) is 0 Å². The molecule has 8 unspecified atom stereocenters. The largest absolute Gasteiger partial charge is 0.472 e. The second-order valence-electron chi connectivity index (χ2n) is 10.7. The molecule has 2 saturated heterocycles. The maximum Gasteiger partial charge on any atom is 0.317 e. The third-order valence-electron chi connectivity index (χ3n) is 9.76. The SMILES string of the molecule is CCC(C)C(=O)OC1CC(C)C2(CC(c3ccoc3)OC2=O)C23CCC(C)(C(=O)O2)C13C. The van der Waals surface area contributed by atoms with Crippen LogP contribution in [0.25, 0.3) is 0 Å². The van der Waals surface area contributed by atoms with Crippen LogP contribution >= 0.6 is 0 Å². The first kappa shape index (κ1) is 21.5. The number of esters is 3. The summed E-state index contributed by atoms with van der Waals surface area (Å²) in [5, 5.41) is 0. The van der Waals surface area contributed by atoms with E-state index in [1.54, 1.807) is 18.6 Å². The first-order chi connectivity index (χ1) is 15.1. The Morgan fingerprint density at radius 1 is 1.25 bits per heavy atom. The zero-order valence-corrected chi connectivity index (χ0v) is 19.4. The molecule has 0 amide bonds. The summed E-state index contributed by atoms with van der Waals surface area (Å²) in [6, 6.07) is 1.80. The van der Waals surface area contributed by atoms with Crippen molar-refractivity contribution in [3.63, 3.8) is 0 Å². The van der Waals surface area contributed by atoms with Gasteiger partial charge in [0.15, 0.2) is 0 Å². The van der Waals surface area contributed by atoms with Gasteiger partial charge in [0.1, 0.15) is 23.2 Å². The van der Waals surface area contributed by atoms with Gasteiger partial charge in [-0.1, -0.05) is 27.7 Å². The molecule has 2 bridgehead atoms. The van der Waals surface area contributed by atoms with Gasteiger partial charge in [-0.2, -0.15) is 0 Å². The fraction of sp³-hybridized carbons (Fsp3) is 0.720. The molecule has 0 N–H and O–H groups in total. The van der Waals surface area contributed by atoms with E-state index in [2.05, 4.69) is 0 Å². The van der Waals surface area contributed by atoms with Crippen molar-refractivity contribution in [2.45, 2.75) is 84.5 Å². The number of furan rings is 1. The zero-order chi connectivity index (χ0) is 23.1. The predicted molar refractivity (Wildman–Crippen MR) is 112 cm³/mol. The molecule has 2 saturated carbocycles. The highest BCUT2D eigenvalue weighted by atomic mass is 16.6. The molecule has 1 spiro atoms. The van der Waals surface area contributed by atoms with Gasteiger partial charge in [-0.25, -0.2) is 0 Å². The van der Waals surface area contributed by atoms with Gasteiger partial charge in [0.05, 0.1) is 29.3 Å². The van der Waals surface area contributed by atoms with Crippen molar-refractivity contribution >= 4 is 17.9 Å². The van der Waals surface area contributed by atoms with Gasteiger partial charge in [0, 0.05) is 12.0 Å². The molecule has 4 aliphatic rings. The lowest BCUT2D eigenvalue weighted by molar-refractivity contribution is -0.233. The van der Waals surface area contributed by atoms with Crippen molar-refractivity contribution in [1.82, 2.24) is 0 Å². The van der Waals surface area contributed by atoms with E-state index >= 15 is 0 Å². The van der Waals surface area contributed by atoms with Gasteiger partial charge in [0.2, 0.25) is 0 Å². The van der Waals surface area contributed by atoms with E-state index < -0.39 is 34.1 Å². The van der Waals surface area contributed by atoms with Gasteiger partial charge < -0.3 is 18.6 Å². The third-order valence-corrected chi connectivity index (χ3v) is 9.76. The Balaban J connectivity index is 1.62. The lowest BCUT2D eigenvalue weighted by Gasteiger charge is -2.58. The van der Waals surface area contributed by atoms with Crippen LogP contribution in [0.3, 0.4) is 0 Å². The first-order valence-electron chi connectivity index (χ1n) is 11.7. The number of carbonyl (C=O) groups is 3. The summed E-state index contributed by atoms with van der Waals surface area (Å²) in [7, 11) is 0. The highest BCUT2D eigenvalue weighted by Gasteiger charge is 2.88. The molecule has 2 aliphatic carbocycles. The Labute approximate surface area is 188 Å². The second-order valence-corrected chi connectivity index (χ2v) is 10.7. The quantitative estimate of drug-likeness (QED) is 0.503. The van der Waals surface area contributed by atoms with E-state index in [-0.39, 0.29) is 29.7 Å². The lowest BCUT2D eigenvalue weighted by atomic mass is 9.45. The van der Waals surface area contributed by atoms with Gasteiger partial charge in [0.25, 0.3) is 0 Å². The van der Waals surface area contributed by atoms with Crippen LogP contribution in [0.5, 0.6) is 0 Å². The van der Waals surface area contributed by atoms with Gasteiger partial charge in [-0.3, -0.25) is 14.4 Å². The topological polar surface area (TPSA) is 92.0 Å². The van der Waals surface area contributed by atoms with Crippen molar-refractivity contribution < 1.29 is 33.0 Å². The molecule has 3 heterocycles. The van der Waals surface area contributed by atoms with Crippen molar-refractivity contribution in [3.05, 3.63) is 24.2 Å². The van der Waals surface area contributed by atoms with E-state index in [1.807, 2.05) is 34.6 Å². The predicted octanol–water partition coefficient (Wildman–Crippen LogP) is 4.35. The monoisotopic (exact) mass is 444 g/mol. The molecule has 4 fully saturated rings. The van der Waals surface area contributed by atoms with Crippen molar-refractivity contribution in [1.29, 1.82) is 0 Å². The fourth-order valence-electron chi connectivity index (χ4n) is 7.30. The summed E-state index contributed by atoms with van der Waals surface area (Å²) >= 11 is 0. The Hall–Kier alpha value is -2.31. The van der Waals surface area contributed by atoms with Crippen LogP contribution in [0.15, 0.2) is 23.0 Å². The van der Waals surface area contributed by atoms with Gasteiger partial charge >= 0.3 is 17.9 Å². The van der Waals surface area contributed by atoms with E-state index in [0.717, 1.165) is 5.56 Å². The maximum absolute atomic E-state index is 13.7. The summed E-state index contributed by atoms with van der Waals surface area (Å²) in [5.74, 6) is -1.31. The number of cyclic esters (lactones) is 1. The normalized spacial score (nSPS) is 45.5. The molecule has 2 aliphatic heterocycles. The Kier molecular flexibility index (Phi) is 4.45. The van der Waals surface area contributed by atoms with Crippen molar-refractivity contribution in [2.75, 3.05) is 0 Å². The molecule has 32 heavy (non-hydrogen) atoms. The molecular weight excluding hydrogens is 412 g/mol. The molecule has 1 aromatic rings. The number of hydrogen-bond donors (Lipinski definition) is 0. The summed E-state index contributed by atoms with van der Waals surface area (Å²) in [6.07, 6.45) is 4.93. The Morgan fingerprint density at radius 2 is 2.00 bits per heavy atom. The van der Waals surface area contributed by atoms with E-state index in [0.29, 0.717) is 32.1 Å². The van der Waals surface area contributed by atoms with Crippen LogP contribution in [-0.4, -0.2) is 29.6 Å². The summed E-state index contributed by atoms with van der Waals surface area (Å²) < 4.78 is 23.5. The van der Waals surface area contributed by atoms with E-state index in [1.165, 1.54) is 0 Å². The summed E-state index contributed by atoms with van der Waals surface area (Å²) in [5.41, 5.74) is -2.91. The van der Waals surface area contributed by atoms with Crippen LogP contribution in [0.1, 0.15) is 78.4 Å². The smallest absolute Gasteiger partial charge is 0.317 e. The maximum atomic E-state index is 13.7. The number of ether oxygens (including phenoxy) is 3. The molecule has 1 aromatic heterocycles. The summed E-state index contributed by atoms with van der Waals surface area (Å²) in [6.45, 7) is 9.70. The molecule has 0 radical (unpaired) electrons. The van der Waals surface area contributed by atoms with Crippen molar-refractivity contribution in [2.24, 2.45) is 28.1 Å². The number of carbonyl (C=O) groups excluding carboxylic acids is 3. The van der Waals surface area contributed by atoms with Crippen LogP contribution < -0.4 is 0 Å². The van der Waals surface area contributed by atoms with E-state index in [9.17, 15) is 14.4 Å². The number of hydrogen-bond acceptors (Lipinski definition) is 7. The minimum atomic E-state index is -1.07. The Bertz CT molecular complexity index is 969. The third kappa shape index (κ3) is 2.20. The molecule has 174 valence electrons. The van der Waals surface area contributed by atoms with Gasteiger partial charge in [-0.15, -0.1) is 0 Å². The molecule has 0 aromatic carbocycles. The molecule has 5 rings (SSSR count). The highest BCUT2D eigenvalue weighted by molar-refractivity contribution is 5.89. The van der Waals surface area contributed by atoms with Crippen LogP contribution in [0, 0.1) is 28.1 Å². The number of rotatable bonds is 4. The van der Waals surface area contributed by atoms with Gasteiger partial charge in [-0.05, 0) is 44.6 Å². The standard InChI is InChI=1S/C25H32O7/c1-6-14(2)19(26)31-18-11-15(3)24(12-17(30-21(24)28)16-7-10-29-13-16)25-9-8-22(4,20(27)32-25)23(18,25)5/h7,10,13-15,17-18H,6,8-9,11-12H2,1-5H3. The van der Waals surface area contributed by atoms with Crippen molar-refractivity contribution in [3.8, 4) is 0 Å². The minimum Gasteiger partial charge on any atom is -0.472 e. The molecule has 7 nitrogen and oxygen atoms in total. The molecule has 7 heteroatoms. The van der Waals surface area contributed by atoms with Crippen LogP contribution in [0.4, 0.5) is 0 Å². The van der Waals surface area contributed by atoms with E-state index in [4.69, 9.17) is 18.6 Å². The first-order valence-corrected chi connectivity index (χ1v) is 11.7. The zero-order valence-electron chi connectivity index (χ0n) is 19.4. The molecule has 8 atom stereocenters.